The molecule has 0 bridgehead atoms. The summed E-state index contributed by atoms with van der Waals surface area (Å²) < 4.78 is 0. The van der Waals surface area contributed by atoms with E-state index in [1.54, 1.807) is 12.1 Å². The zero-order chi connectivity index (χ0) is 14.4. The van der Waals surface area contributed by atoms with Crippen LogP contribution in [0.5, 0.6) is 0 Å². The smallest absolute Gasteiger partial charge is 0.423 e. The fourth-order valence-electron chi connectivity index (χ4n) is 2.06. The molecule has 1 heterocycles. The van der Waals surface area contributed by atoms with Gasteiger partial charge in [-0.05, 0) is 42.2 Å². The van der Waals surface area contributed by atoms with Gasteiger partial charge in [-0.2, -0.15) is 0 Å². The summed E-state index contributed by atoms with van der Waals surface area (Å²) in [5.74, 6) is 0. The molecule has 0 saturated heterocycles. The van der Waals surface area contributed by atoms with Gasteiger partial charge in [0.05, 0.1) is 0 Å². The van der Waals surface area contributed by atoms with Crippen LogP contribution in [0.1, 0.15) is 11.1 Å². The maximum Gasteiger partial charge on any atom is 0.488 e. The molecule has 0 unspecified atom stereocenters. The summed E-state index contributed by atoms with van der Waals surface area (Å²) in [5.41, 5.74) is 2.96. The second kappa shape index (κ2) is 7.19. The topological polar surface area (TPSA) is 56.6 Å². The molecule has 2 rings (SSSR count). The highest BCUT2D eigenvalue weighted by Crippen LogP contribution is 2.04. The highest BCUT2D eigenvalue weighted by atomic mass is 16.4. The third-order valence-corrected chi connectivity index (χ3v) is 3.26. The molecule has 2 N–H and O–H groups in total. The van der Waals surface area contributed by atoms with Gasteiger partial charge in [-0.25, -0.2) is 0 Å². The Hall–Kier alpha value is -1.69. The van der Waals surface area contributed by atoms with Crippen molar-refractivity contribution < 1.29 is 10.0 Å². The van der Waals surface area contributed by atoms with Gasteiger partial charge in [0.15, 0.2) is 0 Å². The number of aromatic nitrogens is 1. The molecule has 0 amide bonds. The first kappa shape index (κ1) is 14.7. The minimum absolute atomic E-state index is 0.521. The Labute approximate surface area is 119 Å². The number of hydrogen-bond donors (Lipinski definition) is 2. The van der Waals surface area contributed by atoms with Crippen molar-refractivity contribution in [1.29, 1.82) is 0 Å². The summed E-state index contributed by atoms with van der Waals surface area (Å²) in [6.07, 6.45) is 4.62. The lowest BCUT2D eigenvalue weighted by molar-refractivity contribution is 0.331. The second-order valence-electron chi connectivity index (χ2n) is 4.96. The molecule has 0 spiro atoms. The highest BCUT2D eigenvalue weighted by Gasteiger charge is 2.10. The zero-order valence-electron chi connectivity index (χ0n) is 11.6. The first-order valence-electron chi connectivity index (χ1n) is 6.67. The van der Waals surface area contributed by atoms with E-state index >= 15 is 0 Å². The Balaban J connectivity index is 1.83. The van der Waals surface area contributed by atoms with Crippen molar-refractivity contribution in [3.63, 3.8) is 0 Å². The van der Waals surface area contributed by atoms with E-state index in [2.05, 4.69) is 16.9 Å². The molecule has 104 valence electrons. The van der Waals surface area contributed by atoms with Gasteiger partial charge in [0.2, 0.25) is 0 Å². The molecule has 0 atom stereocenters. The van der Waals surface area contributed by atoms with E-state index in [0.717, 1.165) is 25.1 Å². The molecule has 2 aromatic rings. The van der Waals surface area contributed by atoms with Crippen molar-refractivity contribution in [2.45, 2.75) is 13.0 Å². The van der Waals surface area contributed by atoms with Crippen LogP contribution >= 0.6 is 0 Å². The first-order valence-corrected chi connectivity index (χ1v) is 6.67. The Morgan fingerprint density at radius 1 is 1.00 bits per heavy atom. The maximum absolute atomic E-state index is 9.05. The van der Waals surface area contributed by atoms with Crippen LogP contribution < -0.4 is 5.46 Å². The number of likely N-dealkylation sites (N-methyl/N-ethyl adjacent to an activating group) is 1. The zero-order valence-corrected chi connectivity index (χ0v) is 11.6. The monoisotopic (exact) mass is 270 g/mol. The van der Waals surface area contributed by atoms with E-state index < -0.39 is 7.12 Å². The summed E-state index contributed by atoms with van der Waals surface area (Å²) in [4.78, 5) is 6.25. The quantitative estimate of drug-likeness (QED) is 0.748. The van der Waals surface area contributed by atoms with Crippen LogP contribution in [0.4, 0.5) is 0 Å². The van der Waals surface area contributed by atoms with Gasteiger partial charge in [-0.15, -0.1) is 0 Å². The summed E-state index contributed by atoms with van der Waals surface area (Å²) in [7, 11) is 0.684. The van der Waals surface area contributed by atoms with Crippen LogP contribution in [0, 0.1) is 0 Å². The SMILES string of the molecule is CN(CCc1ccncc1)Cc1ccc(B(O)O)cc1. The van der Waals surface area contributed by atoms with Crippen molar-refractivity contribution in [2.24, 2.45) is 0 Å². The molecule has 1 aromatic heterocycles. The van der Waals surface area contributed by atoms with Gasteiger partial charge in [0, 0.05) is 25.5 Å². The highest BCUT2D eigenvalue weighted by molar-refractivity contribution is 6.58. The van der Waals surface area contributed by atoms with Crippen LogP contribution in [-0.2, 0) is 13.0 Å². The maximum atomic E-state index is 9.05. The summed E-state index contributed by atoms with van der Waals surface area (Å²) in [6.45, 7) is 1.81. The van der Waals surface area contributed by atoms with Crippen molar-refractivity contribution in [1.82, 2.24) is 9.88 Å². The van der Waals surface area contributed by atoms with Gasteiger partial charge in [-0.3, -0.25) is 4.98 Å². The molecule has 0 aliphatic carbocycles. The van der Waals surface area contributed by atoms with E-state index in [1.807, 2.05) is 36.7 Å². The molecule has 4 nitrogen and oxygen atoms in total. The second-order valence-corrected chi connectivity index (χ2v) is 4.96. The predicted molar refractivity (Wildman–Crippen MR) is 80.5 cm³/mol. The lowest BCUT2D eigenvalue weighted by Gasteiger charge is -2.16. The molecule has 0 aliphatic rings. The summed E-state index contributed by atoms with van der Waals surface area (Å²) >= 11 is 0. The molecule has 5 heteroatoms. The van der Waals surface area contributed by atoms with Gasteiger partial charge in [-0.1, -0.05) is 24.3 Å². The van der Waals surface area contributed by atoms with Crippen molar-refractivity contribution in [3.8, 4) is 0 Å². The predicted octanol–water partition coefficient (Wildman–Crippen LogP) is 0.436. The van der Waals surface area contributed by atoms with E-state index in [-0.39, 0.29) is 0 Å². The first-order chi connectivity index (χ1) is 9.65. The van der Waals surface area contributed by atoms with E-state index in [9.17, 15) is 0 Å². The van der Waals surface area contributed by atoms with Crippen LogP contribution in [0.3, 0.4) is 0 Å². The van der Waals surface area contributed by atoms with Crippen LogP contribution in [0.25, 0.3) is 0 Å². The third kappa shape index (κ3) is 4.45. The van der Waals surface area contributed by atoms with Crippen molar-refractivity contribution in [3.05, 3.63) is 59.9 Å². The largest absolute Gasteiger partial charge is 0.488 e. The van der Waals surface area contributed by atoms with Crippen molar-refractivity contribution >= 4 is 12.6 Å². The van der Waals surface area contributed by atoms with Crippen LogP contribution in [0.2, 0.25) is 0 Å². The Kier molecular flexibility index (Phi) is 5.29. The van der Waals surface area contributed by atoms with Crippen LogP contribution in [0.15, 0.2) is 48.8 Å². The molecule has 1 aromatic carbocycles. The minimum atomic E-state index is -1.39. The summed E-state index contributed by atoms with van der Waals surface area (Å²) in [6, 6.07) is 11.4. The molecule has 20 heavy (non-hydrogen) atoms. The summed E-state index contributed by atoms with van der Waals surface area (Å²) in [5, 5.41) is 18.1. The third-order valence-electron chi connectivity index (χ3n) is 3.26. The molecular formula is C15H19BN2O2. The van der Waals surface area contributed by atoms with E-state index in [0.29, 0.717) is 5.46 Å². The van der Waals surface area contributed by atoms with Gasteiger partial charge < -0.3 is 14.9 Å². The van der Waals surface area contributed by atoms with Gasteiger partial charge in [0.25, 0.3) is 0 Å². The lowest BCUT2D eigenvalue weighted by atomic mass is 9.80. The number of pyridine rings is 1. The Morgan fingerprint density at radius 2 is 1.65 bits per heavy atom. The fourth-order valence-corrected chi connectivity index (χ4v) is 2.06. The number of rotatable bonds is 6. The number of benzene rings is 1. The Morgan fingerprint density at radius 3 is 2.25 bits per heavy atom. The molecule has 0 saturated carbocycles. The Bertz CT molecular complexity index is 517. The molecular weight excluding hydrogens is 251 g/mol. The number of nitrogens with zero attached hydrogens (tertiary/aromatic N) is 2. The average Bonchev–Trinajstić information content (AvgIpc) is 2.47. The molecule has 0 fully saturated rings. The van der Waals surface area contributed by atoms with Crippen LogP contribution in [-0.4, -0.2) is 40.6 Å². The fraction of sp³-hybridized carbons (Fsp3) is 0.267. The van der Waals surface area contributed by atoms with Crippen molar-refractivity contribution in [2.75, 3.05) is 13.6 Å². The van der Waals surface area contributed by atoms with E-state index in [4.69, 9.17) is 10.0 Å². The minimum Gasteiger partial charge on any atom is -0.423 e. The number of hydrogen-bond acceptors (Lipinski definition) is 4. The average molecular weight is 270 g/mol. The normalized spacial score (nSPS) is 10.8. The lowest BCUT2D eigenvalue weighted by Crippen LogP contribution is -2.29. The standard InChI is InChI=1S/C15H19BN2O2/c1-18(11-8-13-6-9-17-10-7-13)12-14-2-4-15(5-3-14)16(19)20/h2-7,9-10,19-20H,8,11-12H2,1H3. The van der Waals surface area contributed by atoms with Gasteiger partial charge >= 0.3 is 7.12 Å². The molecule has 0 radical (unpaired) electrons. The molecule has 0 aliphatic heterocycles. The van der Waals surface area contributed by atoms with Gasteiger partial charge in [0.1, 0.15) is 0 Å². The van der Waals surface area contributed by atoms with E-state index in [1.165, 1.54) is 5.56 Å².